The summed E-state index contributed by atoms with van der Waals surface area (Å²) >= 11 is 5.88. The molecule has 1 rings (SSSR count). The van der Waals surface area contributed by atoms with Crippen molar-refractivity contribution < 1.29 is 14.6 Å². The molecule has 7 heteroatoms. The Hall–Kier alpha value is -1.84. The second-order valence-corrected chi connectivity index (χ2v) is 3.41. The number of esters is 1. The summed E-state index contributed by atoms with van der Waals surface area (Å²) in [6.07, 6.45) is 1.37. The molecule has 1 aromatic rings. The number of aliphatic hydroxyl groups is 1. The highest BCUT2D eigenvalue weighted by atomic mass is 35.5. The van der Waals surface area contributed by atoms with E-state index in [9.17, 15) is 4.79 Å². The summed E-state index contributed by atoms with van der Waals surface area (Å²) in [6.45, 7) is -0.471. The van der Waals surface area contributed by atoms with Gasteiger partial charge < -0.3 is 15.2 Å². The Bertz CT molecular complexity index is 459. The summed E-state index contributed by atoms with van der Waals surface area (Å²) in [4.78, 5) is 15.1. The highest BCUT2D eigenvalue weighted by molar-refractivity contribution is 6.34. The van der Waals surface area contributed by atoms with Crippen LogP contribution < -0.4 is 5.32 Å². The Morgan fingerprint density at radius 2 is 2.53 bits per heavy atom. The van der Waals surface area contributed by atoms with Gasteiger partial charge in [-0.25, -0.2) is 9.78 Å². The molecule has 1 heterocycles. The zero-order chi connectivity index (χ0) is 12.8. The Labute approximate surface area is 103 Å². The van der Waals surface area contributed by atoms with E-state index in [1.165, 1.54) is 19.4 Å². The van der Waals surface area contributed by atoms with Crippen LogP contribution in [0.25, 0.3) is 0 Å². The van der Waals surface area contributed by atoms with Crippen molar-refractivity contribution in [1.82, 2.24) is 4.98 Å². The van der Waals surface area contributed by atoms with Crippen LogP contribution in [0.1, 0.15) is 5.56 Å². The smallest absolute Gasteiger partial charge is 0.330 e. The zero-order valence-electron chi connectivity index (χ0n) is 8.98. The fraction of sp³-hybridized carbons (Fsp3) is 0.300. The number of nitriles is 1. The van der Waals surface area contributed by atoms with E-state index in [4.69, 9.17) is 22.0 Å². The van der Waals surface area contributed by atoms with Crippen LogP contribution in [-0.4, -0.2) is 35.8 Å². The van der Waals surface area contributed by atoms with Crippen molar-refractivity contribution in [1.29, 1.82) is 5.26 Å². The van der Waals surface area contributed by atoms with Gasteiger partial charge in [0.2, 0.25) is 0 Å². The molecule has 0 amide bonds. The van der Waals surface area contributed by atoms with Crippen molar-refractivity contribution in [3.63, 3.8) is 0 Å². The van der Waals surface area contributed by atoms with Crippen molar-refractivity contribution in [2.75, 3.05) is 19.0 Å². The first kappa shape index (κ1) is 13.2. The predicted molar refractivity (Wildman–Crippen MR) is 60.5 cm³/mol. The first-order valence-corrected chi connectivity index (χ1v) is 5.01. The average molecular weight is 256 g/mol. The van der Waals surface area contributed by atoms with Crippen LogP contribution in [-0.2, 0) is 9.53 Å². The van der Waals surface area contributed by atoms with Gasteiger partial charge in [0.25, 0.3) is 0 Å². The molecule has 0 radical (unpaired) electrons. The lowest BCUT2D eigenvalue weighted by atomic mass is 10.2. The predicted octanol–water partition coefficient (Wildman–Crippen LogP) is 0.552. The number of carbonyl (C=O) groups is 1. The van der Waals surface area contributed by atoms with Gasteiger partial charge in [-0.1, -0.05) is 11.6 Å². The van der Waals surface area contributed by atoms with E-state index < -0.39 is 18.6 Å². The molecule has 0 bridgehead atoms. The summed E-state index contributed by atoms with van der Waals surface area (Å²) in [5.41, 5.74) is 0.228. The number of nitrogens with one attached hydrogen (secondary N) is 1. The first-order valence-electron chi connectivity index (χ1n) is 4.63. The number of aromatic nitrogens is 1. The van der Waals surface area contributed by atoms with Crippen molar-refractivity contribution in [3.8, 4) is 6.07 Å². The topological polar surface area (TPSA) is 95.2 Å². The van der Waals surface area contributed by atoms with E-state index in [1.807, 2.05) is 6.07 Å². The lowest BCUT2D eigenvalue weighted by molar-refractivity contribution is -0.142. The number of halogens is 1. The fourth-order valence-corrected chi connectivity index (χ4v) is 1.33. The summed E-state index contributed by atoms with van der Waals surface area (Å²) < 4.78 is 4.47. The van der Waals surface area contributed by atoms with Crippen molar-refractivity contribution in [2.24, 2.45) is 0 Å². The molecule has 1 unspecified atom stereocenters. The lowest BCUT2D eigenvalue weighted by Crippen LogP contribution is -2.34. The molecule has 6 nitrogen and oxygen atoms in total. The SMILES string of the molecule is COC(=O)C(CO)Nc1nccc(C#N)c1Cl. The maximum atomic E-state index is 11.2. The third kappa shape index (κ3) is 3.06. The van der Waals surface area contributed by atoms with Crippen LogP contribution in [0, 0.1) is 11.3 Å². The van der Waals surface area contributed by atoms with E-state index in [-0.39, 0.29) is 16.4 Å². The molecule has 1 aromatic heterocycles. The van der Waals surface area contributed by atoms with Crippen molar-refractivity contribution in [3.05, 3.63) is 22.8 Å². The van der Waals surface area contributed by atoms with Gasteiger partial charge in [0, 0.05) is 6.20 Å². The largest absolute Gasteiger partial charge is 0.467 e. The third-order valence-electron chi connectivity index (χ3n) is 1.99. The first-order chi connectivity index (χ1) is 8.13. The molecular weight excluding hydrogens is 246 g/mol. The van der Waals surface area contributed by atoms with E-state index in [1.54, 1.807) is 0 Å². The number of hydrogen-bond donors (Lipinski definition) is 2. The number of hydrogen-bond acceptors (Lipinski definition) is 6. The average Bonchev–Trinajstić information content (AvgIpc) is 2.36. The summed E-state index contributed by atoms with van der Waals surface area (Å²) in [5.74, 6) is -0.497. The van der Waals surface area contributed by atoms with Gasteiger partial charge in [0.15, 0.2) is 0 Å². The molecule has 90 valence electrons. The number of ether oxygens (including phenoxy) is 1. The van der Waals surface area contributed by atoms with E-state index in [2.05, 4.69) is 15.0 Å². The Balaban J connectivity index is 2.95. The van der Waals surface area contributed by atoms with E-state index >= 15 is 0 Å². The van der Waals surface area contributed by atoms with Gasteiger partial charge in [-0.2, -0.15) is 5.26 Å². The van der Waals surface area contributed by atoms with Crippen LogP contribution in [0.5, 0.6) is 0 Å². The molecule has 0 saturated heterocycles. The van der Waals surface area contributed by atoms with Gasteiger partial charge in [0.05, 0.1) is 19.3 Å². The molecular formula is C10H10ClN3O3. The minimum Gasteiger partial charge on any atom is -0.467 e. The van der Waals surface area contributed by atoms with Crippen LogP contribution in [0.15, 0.2) is 12.3 Å². The normalized spacial score (nSPS) is 11.4. The highest BCUT2D eigenvalue weighted by Crippen LogP contribution is 2.23. The number of pyridine rings is 1. The molecule has 2 N–H and O–H groups in total. The molecule has 0 aromatic carbocycles. The monoisotopic (exact) mass is 255 g/mol. The quantitative estimate of drug-likeness (QED) is 0.763. The van der Waals surface area contributed by atoms with Crippen LogP contribution in [0.2, 0.25) is 5.02 Å². The summed E-state index contributed by atoms with van der Waals surface area (Å²) in [5, 5.41) is 20.5. The van der Waals surface area contributed by atoms with Crippen LogP contribution in [0.3, 0.4) is 0 Å². The maximum Gasteiger partial charge on any atom is 0.330 e. The number of aliphatic hydroxyl groups excluding tert-OH is 1. The van der Waals surface area contributed by atoms with Gasteiger partial charge in [-0.15, -0.1) is 0 Å². The number of anilines is 1. The molecule has 0 spiro atoms. The number of methoxy groups -OCH3 is 1. The molecule has 1 atom stereocenters. The molecule has 0 aliphatic heterocycles. The summed E-state index contributed by atoms with van der Waals surface area (Å²) in [6, 6.07) is 2.35. The number of nitrogens with zero attached hydrogens (tertiary/aromatic N) is 2. The Morgan fingerprint density at radius 1 is 1.82 bits per heavy atom. The zero-order valence-corrected chi connectivity index (χ0v) is 9.73. The minimum atomic E-state index is -0.973. The lowest BCUT2D eigenvalue weighted by Gasteiger charge is -2.15. The Morgan fingerprint density at radius 3 is 3.06 bits per heavy atom. The second kappa shape index (κ2) is 6.03. The molecule has 0 fully saturated rings. The van der Waals surface area contributed by atoms with Gasteiger partial charge in [0.1, 0.15) is 23.0 Å². The minimum absolute atomic E-state index is 0.0948. The van der Waals surface area contributed by atoms with E-state index in [0.29, 0.717) is 0 Å². The number of rotatable bonds is 4. The highest BCUT2D eigenvalue weighted by Gasteiger charge is 2.20. The fourth-order valence-electron chi connectivity index (χ4n) is 1.12. The molecule has 0 aliphatic rings. The standard InChI is InChI=1S/C10H10ClN3O3/c1-17-10(16)7(5-15)14-9-8(11)6(4-12)2-3-13-9/h2-3,7,15H,5H2,1H3,(H,13,14). The van der Waals surface area contributed by atoms with Crippen LogP contribution >= 0.6 is 11.6 Å². The third-order valence-corrected chi connectivity index (χ3v) is 2.37. The Kier molecular flexibility index (Phi) is 4.69. The van der Waals surface area contributed by atoms with E-state index in [0.717, 1.165) is 0 Å². The van der Waals surface area contributed by atoms with Gasteiger partial charge >= 0.3 is 5.97 Å². The second-order valence-electron chi connectivity index (χ2n) is 3.04. The molecule has 0 saturated carbocycles. The van der Waals surface area contributed by atoms with Crippen molar-refractivity contribution >= 4 is 23.4 Å². The van der Waals surface area contributed by atoms with Gasteiger partial charge in [-0.05, 0) is 6.07 Å². The summed E-state index contributed by atoms with van der Waals surface area (Å²) in [7, 11) is 1.20. The molecule has 0 aliphatic carbocycles. The van der Waals surface area contributed by atoms with Crippen LogP contribution in [0.4, 0.5) is 5.82 Å². The maximum absolute atomic E-state index is 11.2. The number of carbonyl (C=O) groups excluding carboxylic acids is 1. The van der Waals surface area contributed by atoms with Crippen molar-refractivity contribution in [2.45, 2.75) is 6.04 Å². The van der Waals surface area contributed by atoms with Gasteiger partial charge in [-0.3, -0.25) is 0 Å². The molecule has 17 heavy (non-hydrogen) atoms.